The molecule has 2 rings (SSSR count). The van der Waals surface area contributed by atoms with Gasteiger partial charge in [-0.05, 0) is 50.5 Å². The van der Waals surface area contributed by atoms with Gasteiger partial charge in [0.1, 0.15) is 0 Å². The predicted octanol–water partition coefficient (Wildman–Crippen LogP) is 2.59. The van der Waals surface area contributed by atoms with Crippen LogP contribution < -0.4 is 5.32 Å². The molecule has 90 valence electrons. The number of amides is 1. The highest BCUT2D eigenvalue weighted by Gasteiger charge is 2.23. The summed E-state index contributed by atoms with van der Waals surface area (Å²) in [5.41, 5.74) is 5.41. The lowest BCUT2D eigenvalue weighted by atomic mass is 9.90. The van der Waals surface area contributed by atoms with Gasteiger partial charge < -0.3 is 5.32 Å². The smallest absolute Gasteiger partial charge is 0.227 e. The topological polar surface area (TPSA) is 42.0 Å². The van der Waals surface area contributed by atoms with Crippen molar-refractivity contribution in [2.75, 3.05) is 0 Å². The Bertz CT molecular complexity index is 483. The molecule has 3 nitrogen and oxygen atoms in total. The molecule has 1 N–H and O–H groups in total. The molecule has 2 heterocycles. The third-order valence-electron chi connectivity index (χ3n) is 3.15. The van der Waals surface area contributed by atoms with Crippen LogP contribution in [0.1, 0.15) is 37.2 Å². The molecule has 1 atom stereocenters. The standard InChI is InChI=1S/C14H18N2O/c1-8-5-13(11(4)16-14(8)17)12-6-9(2)15-10(3)7-12/h6-8H,5H2,1-4H3,(H,16,17). The van der Waals surface area contributed by atoms with Crippen molar-refractivity contribution in [2.45, 2.75) is 34.1 Å². The maximum Gasteiger partial charge on any atom is 0.227 e. The van der Waals surface area contributed by atoms with E-state index in [0.717, 1.165) is 23.5 Å². The number of nitrogens with one attached hydrogen (secondary N) is 1. The first-order valence-corrected chi connectivity index (χ1v) is 5.93. The molecule has 3 heteroatoms. The van der Waals surface area contributed by atoms with Gasteiger partial charge in [0.2, 0.25) is 5.91 Å². The van der Waals surface area contributed by atoms with Gasteiger partial charge in [0, 0.05) is 23.0 Å². The molecule has 0 bridgehead atoms. The molecule has 0 radical (unpaired) electrons. The fraction of sp³-hybridized carbons (Fsp3) is 0.429. The minimum absolute atomic E-state index is 0.0440. The highest BCUT2D eigenvalue weighted by Crippen LogP contribution is 2.29. The van der Waals surface area contributed by atoms with Gasteiger partial charge in [0.15, 0.2) is 0 Å². The summed E-state index contributed by atoms with van der Waals surface area (Å²) >= 11 is 0. The highest BCUT2D eigenvalue weighted by atomic mass is 16.1. The van der Waals surface area contributed by atoms with Crippen molar-refractivity contribution < 1.29 is 4.79 Å². The molecule has 0 spiro atoms. The van der Waals surface area contributed by atoms with E-state index in [1.54, 1.807) is 0 Å². The van der Waals surface area contributed by atoms with Crippen LogP contribution in [0, 0.1) is 19.8 Å². The van der Waals surface area contributed by atoms with Crippen LogP contribution in [0.3, 0.4) is 0 Å². The Morgan fingerprint density at radius 2 is 1.82 bits per heavy atom. The van der Waals surface area contributed by atoms with Crippen LogP contribution in [0.2, 0.25) is 0 Å². The highest BCUT2D eigenvalue weighted by molar-refractivity contribution is 5.88. The average molecular weight is 230 g/mol. The largest absolute Gasteiger partial charge is 0.330 e. The Hall–Kier alpha value is -1.64. The van der Waals surface area contributed by atoms with Crippen LogP contribution in [0.5, 0.6) is 0 Å². The van der Waals surface area contributed by atoms with Crippen molar-refractivity contribution in [2.24, 2.45) is 5.92 Å². The molecule has 1 aromatic heterocycles. The molecule has 1 unspecified atom stereocenters. The van der Waals surface area contributed by atoms with E-state index in [0.29, 0.717) is 0 Å². The number of allylic oxidation sites excluding steroid dienone is 2. The van der Waals surface area contributed by atoms with Crippen molar-refractivity contribution in [3.63, 3.8) is 0 Å². The van der Waals surface area contributed by atoms with E-state index in [2.05, 4.69) is 22.4 Å². The average Bonchev–Trinajstić information content (AvgIpc) is 2.22. The number of carbonyl (C=O) groups excluding carboxylic acids is 1. The molecule has 0 aromatic carbocycles. The van der Waals surface area contributed by atoms with Gasteiger partial charge in [0.05, 0.1) is 0 Å². The molecular formula is C14H18N2O. The quantitative estimate of drug-likeness (QED) is 0.805. The summed E-state index contributed by atoms with van der Waals surface area (Å²) in [4.78, 5) is 15.9. The van der Waals surface area contributed by atoms with E-state index in [1.807, 2.05) is 27.7 Å². The normalized spacial score (nSPS) is 20.5. The number of hydrogen-bond acceptors (Lipinski definition) is 2. The third kappa shape index (κ3) is 2.38. The molecule has 0 aliphatic carbocycles. The molecule has 17 heavy (non-hydrogen) atoms. The molecule has 1 aliphatic rings. The third-order valence-corrected chi connectivity index (χ3v) is 3.15. The summed E-state index contributed by atoms with van der Waals surface area (Å²) in [5.74, 6) is 0.163. The SMILES string of the molecule is CC1=C(c2cc(C)nc(C)c2)CC(C)C(=O)N1. The molecule has 0 fully saturated rings. The summed E-state index contributed by atoms with van der Waals surface area (Å²) in [6.07, 6.45) is 0.806. The van der Waals surface area contributed by atoms with Crippen molar-refractivity contribution in [3.8, 4) is 0 Å². The Morgan fingerprint density at radius 3 is 2.41 bits per heavy atom. The Balaban J connectivity index is 2.45. The summed E-state index contributed by atoms with van der Waals surface area (Å²) in [6, 6.07) is 4.16. The lowest BCUT2D eigenvalue weighted by molar-refractivity contribution is -0.123. The summed E-state index contributed by atoms with van der Waals surface area (Å²) in [6.45, 7) is 7.92. The number of aromatic nitrogens is 1. The number of hydrogen-bond donors (Lipinski definition) is 1. The summed E-state index contributed by atoms with van der Waals surface area (Å²) in [7, 11) is 0. The second-order valence-corrected chi connectivity index (χ2v) is 4.84. The van der Waals surface area contributed by atoms with Gasteiger partial charge in [-0.1, -0.05) is 6.92 Å². The van der Waals surface area contributed by atoms with Crippen LogP contribution >= 0.6 is 0 Å². The predicted molar refractivity (Wildman–Crippen MR) is 68.2 cm³/mol. The molecule has 1 amide bonds. The molecule has 0 saturated heterocycles. The van der Waals surface area contributed by atoms with Crippen LogP contribution in [-0.2, 0) is 4.79 Å². The van der Waals surface area contributed by atoms with Crippen molar-refractivity contribution in [1.29, 1.82) is 0 Å². The monoisotopic (exact) mass is 230 g/mol. The molecule has 1 aromatic rings. The minimum atomic E-state index is 0.0440. The first-order valence-electron chi connectivity index (χ1n) is 5.93. The second kappa shape index (κ2) is 4.32. The van der Waals surface area contributed by atoms with E-state index in [9.17, 15) is 4.79 Å². The van der Waals surface area contributed by atoms with Gasteiger partial charge in [-0.2, -0.15) is 0 Å². The van der Waals surface area contributed by atoms with Gasteiger partial charge in [-0.3, -0.25) is 9.78 Å². The Kier molecular flexibility index (Phi) is 3.01. The van der Waals surface area contributed by atoms with Crippen LogP contribution in [0.4, 0.5) is 0 Å². The number of aryl methyl sites for hydroxylation is 2. The maximum absolute atomic E-state index is 11.6. The van der Waals surface area contributed by atoms with Crippen molar-refractivity contribution in [3.05, 3.63) is 34.8 Å². The lowest BCUT2D eigenvalue weighted by Gasteiger charge is -2.24. The van der Waals surface area contributed by atoms with E-state index in [4.69, 9.17) is 0 Å². The Labute approximate surface area is 102 Å². The maximum atomic E-state index is 11.6. The number of carbonyl (C=O) groups is 1. The first kappa shape index (κ1) is 11.8. The fourth-order valence-corrected chi connectivity index (χ4v) is 2.28. The molecular weight excluding hydrogens is 212 g/mol. The zero-order valence-corrected chi connectivity index (χ0v) is 10.8. The van der Waals surface area contributed by atoms with Crippen molar-refractivity contribution in [1.82, 2.24) is 10.3 Å². The van der Waals surface area contributed by atoms with Gasteiger partial charge >= 0.3 is 0 Å². The zero-order valence-electron chi connectivity index (χ0n) is 10.8. The first-order chi connectivity index (χ1) is 7.97. The van der Waals surface area contributed by atoms with Crippen molar-refractivity contribution >= 4 is 11.5 Å². The second-order valence-electron chi connectivity index (χ2n) is 4.84. The van der Waals surface area contributed by atoms with Crippen LogP contribution in [0.15, 0.2) is 17.8 Å². The van der Waals surface area contributed by atoms with Gasteiger partial charge in [0.25, 0.3) is 0 Å². The Morgan fingerprint density at radius 1 is 1.24 bits per heavy atom. The lowest BCUT2D eigenvalue weighted by Crippen LogP contribution is -2.32. The van der Waals surface area contributed by atoms with Gasteiger partial charge in [-0.25, -0.2) is 0 Å². The summed E-state index contributed by atoms with van der Waals surface area (Å²) < 4.78 is 0. The van der Waals surface area contributed by atoms with E-state index >= 15 is 0 Å². The van der Waals surface area contributed by atoms with E-state index in [-0.39, 0.29) is 11.8 Å². The molecule has 0 saturated carbocycles. The van der Waals surface area contributed by atoms with E-state index in [1.165, 1.54) is 11.1 Å². The number of pyridine rings is 1. The number of rotatable bonds is 1. The fourth-order valence-electron chi connectivity index (χ4n) is 2.28. The minimum Gasteiger partial charge on any atom is -0.330 e. The van der Waals surface area contributed by atoms with Gasteiger partial charge in [-0.15, -0.1) is 0 Å². The van der Waals surface area contributed by atoms with Crippen LogP contribution in [0.25, 0.3) is 5.57 Å². The zero-order chi connectivity index (χ0) is 12.6. The number of nitrogens with zero attached hydrogens (tertiary/aromatic N) is 1. The molecule has 1 aliphatic heterocycles. The summed E-state index contributed by atoms with van der Waals surface area (Å²) in [5, 5.41) is 2.94. The van der Waals surface area contributed by atoms with E-state index < -0.39 is 0 Å². The van der Waals surface area contributed by atoms with Crippen LogP contribution in [-0.4, -0.2) is 10.9 Å².